The number of hydrogen-bond donors (Lipinski definition) is 0. The Morgan fingerprint density at radius 2 is 1.15 bits per heavy atom. The van der Waals surface area contributed by atoms with Crippen LogP contribution in [0.1, 0.15) is 61.3 Å². The maximum absolute atomic E-state index is 10.4. The van der Waals surface area contributed by atoms with Crippen molar-refractivity contribution < 1.29 is 23.8 Å². The first-order valence-corrected chi connectivity index (χ1v) is 18.1. The molecule has 1 fully saturated rings. The fraction of sp³-hybridized carbons (Fsp3) is 0.933. The van der Waals surface area contributed by atoms with Crippen LogP contribution in [-0.2, 0) is 23.8 Å². The largest absolute Gasteiger partial charge is 0.385 e. The van der Waals surface area contributed by atoms with Gasteiger partial charge in [0, 0.05) is 48.7 Å². The molecule has 0 amide bonds. The predicted molar refractivity (Wildman–Crippen MR) is 174 cm³/mol. The summed E-state index contributed by atoms with van der Waals surface area (Å²) in [6.45, 7) is 26.6. The number of methoxy groups -OCH3 is 2. The first kappa shape index (κ1) is 48.1. The van der Waals surface area contributed by atoms with Crippen molar-refractivity contribution in [3.63, 3.8) is 0 Å². The van der Waals surface area contributed by atoms with Crippen LogP contribution in [0.25, 0.3) is 0 Å². The number of rotatable bonds is 11. The summed E-state index contributed by atoms with van der Waals surface area (Å²) < 4.78 is 14.2. The molecular formula is C30H71N3O5Si. The quantitative estimate of drug-likeness (QED) is 0.299. The number of ether oxygens (including phenoxy) is 3. The third kappa shape index (κ3) is 62.4. The molecule has 240 valence electrons. The average molecular weight is 582 g/mol. The minimum absolute atomic E-state index is 0.213. The molecule has 0 aromatic carbocycles. The number of hydrogen-bond acceptors (Lipinski definition) is 8. The number of ketones is 2. The molecule has 0 unspecified atom stereocenters. The summed E-state index contributed by atoms with van der Waals surface area (Å²) in [5.41, 5.74) is 0. The van der Waals surface area contributed by atoms with E-state index in [0.29, 0.717) is 13.1 Å². The number of carbonyl (C=O) groups excluding carboxylic acids is 2. The molecule has 0 aliphatic carbocycles. The molecule has 0 atom stereocenters. The molecular weight excluding hydrogens is 510 g/mol. The van der Waals surface area contributed by atoms with Crippen LogP contribution in [0.3, 0.4) is 0 Å². The lowest BCUT2D eigenvalue weighted by atomic mass is 10.4. The summed E-state index contributed by atoms with van der Waals surface area (Å²) in [5, 5.41) is 0. The highest BCUT2D eigenvalue weighted by Crippen LogP contribution is 2.20. The molecule has 1 aliphatic heterocycles. The Labute approximate surface area is 246 Å². The summed E-state index contributed by atoms with van der Waals surface area (Å²) in [6, 6.07) is 3.01. The molecule has 0 aromatic heterocycles. The van der Waals surface area contributed by atoms with Crippen molar-refractivity contribution in [2.24, 2.45) is 0 Å². The molecule has 0 N–H and O–H groups in total. The lowest BCUT2D eigenvalue weighted by molar-refractivity contribution is -0.118. The van der Waals surface area contributed by atoms with Crippen LogP contribution in [0.5, 0.6) is 0 Å². The highest BCUT2D eigenvalue weighted by atomic mass is 28.3. The highest BCUT2D eigenvalue weighted by Gasteiger charge is 2.24. The van der Waals surface area contributed by atoms with Crippen LogP contribution in [0, 0.1) is 0 Å². The zero-order valence-corrected chi connectivity index (χ0v) is 30.1. The van der Waals surface area contributed by atoms with Crippen molar-refractivity contribution in [1.29, 1.82) is 0 Å². The van der Waals surface area contributed by atoms with Gasteiger partial charge in [-0.05, 0) is 100 Å². The van der Waals surface area contributed by atoms with Crippen LogP contribution < -0.4 is 0 Å². The molecule has 8 nitrogen and oxygen atoms in total. The number of nitrogens with zero attached hydrogens (tertiary/aromatic N) is 3. The van der Waals surface area contributed by atoms with E-state index in [1.54, 1.807) is 28.1 Å². The molecule has 1 aliphatic rings. The van der Waals surface area contributed by atoms with Crippen LogP contribution in [0.4, 0.5) is 0 Å². The van der Waals surface area contributed by atoms with Gasteiger partial charge in [0.2, 0.25) is 0 Å². The molecule has 0 radical (unpaired) electrons. The lowest BCUT2D eigenvalue weighted by Gasteiger charge is -2.33. The molecule has 0 aromatic rings. The van der Waals surface area contributed by atoms with Crippen molar-refractivity contribution in [2.45, 2.75) is 86.5 Å². The van der Waals surface area contributed by atoms with Crippen LogP contribution in [0.2, 0.25) is 25.2 Å². The van der Waals surface area contributed by atoms with E-state index in [1.165, 1.54) is 25.2 Å². The second kappa shape index (κ2) is 37.3. The Kier molecular flexibility index (Phi) is 46.0. The van der Waals surface area contributed by atoms with Crippen molar-refractivity contribution in [3.05, 3.63) is 0 Å². The Bertz CT molecular complexity index is 465. The fourth-order valence-corrected chi connectivity index (χ4v) is 5.00. The number of carbonyl (C=O) groups is 2. The smallest absolute Gasteiger partial charge is 0.143 e. The molecule has 9 heteroatoms. The van der Waals surface area contributed by atoms with Gasteiger partial charge in [0.25, 0.3) is 0 Å². The van der Waals surface area contributed by atoms with E-state index in [4.69, 9.17) is 14.2 Å². The van der Waals surface area contributed by atoms with Gasteiger partial charge in [0.1, 0.15) is 11.6 Å². The standard InChI is InChI=1S/C7H17NSi.C6H13NO.C5H11NO.3C4H10O/c1-8-4-6-9(2,3)7-5-8;1-4-7(3)5-6(2)8;1-5(7)4-6(2)3;2*1-3-4-5-2;1-3-5-4-2/h4-7H2,1-3H3;4-5H2,1-3H3;4H2,1-3H3;3*3-4H2,1-2H3. The normalized spacial score (nSPS) is 13.6. The fourth-order valence-electron chi connectivity index (χ4n) is 2.77. The zero-order chi connectivity index (χ0) is 31.7. The first-order valence-electron chi connectivity index (χ1n) is 14.7. The van der Waals surface area contributed by atoms with Gasteiger partial charge in [-0.15, -0.1) is 0 Å². The monoisotopic (exact) mass is 582 g/mol. The zero-order valence-electron chi connectivity index (χ0n) is 29.1. The third-order valence-electron chi connectivity index (χ3n) is 5.14. The van der Waals surface area contributed by atoms with Crippen molar-refractivity contribution in [2.75, 3.05) is 102 Å². The van der Waals surface area contributed by atoms with Gasteiger partial charge in [-0.25, -0.2) is 0 Å². The SMILES string of the molecule is CC(=O)CN(C)C.CCCOC.CCCOC.CCN(C)CC(C)=O.CCOCC.CN1CC[Si](C)(C)CC1. The second-order valence-electron chi connectivity index (χ2n) is 10.7. The van der Waals surface area contributed by atoms with Gasteiger partial charge in [0.15, 0.2) is 0 Å². The van der Waals surface area contributed by atoms with Gasteiger partial charge < -0.3 is 24.0 Å². The Morgan fingerprint density at radius 3 is 1.26 bits per heavy atom. The molecule has 1 saturated heterocycles. The Balaban J connectivity index is -0.000000121. The van der Waals surface area contributed by atoms with E-state index in [0.717, 1.165) is 45.8 Å². The predicted octanol–water partition coefficient (Wildman–Crippen LogP) is 5.43. The topological polar surface area (TPSA) is 71.5 Å². The summed E-state index contributed by atoms with van der Waals surface area (Å²) in [7, 11) is 10.7. The summed E-state index contributed by atoms with van der Waals surface area (Å²) in [5.74, 6) is 0.444. The van der Waals surface area contributed by atoms with Crippen molar-refractivity contribution in [3.8, 4) is 0 Å². The van der Waals surface area contributed by atoms with E-state index in [1.807, 2.05) is 51.7 Å². The summed E-state index contributed by atoms with van der Waals surface area (Å²) >= 11 is 0. The summed E-state index contributed by atoms with van der Waals surface area (Å²) in [4.78, 5) is 26.9. The van der Waals surface area contributed by atoms with Gasteiger partial charge in [0.05, 0.1) is 13.1 Å². The number of likely N-dealkylation sites (N-methyl/N-ethyl adjacent to an activating group) is 2. The van der Waals surface area contributed by atoms with Gasteiger partial charge in [-0.3, -0.25) is 14.5 Å². The average Bonchev–Trinajstić information content (AvgIpc) is 2.83. The van der Waals surface area contributed by atoms with Gasteiger partial charge in [-0.2, -0.15) is 0 Å². The van der Waals surface area contributed by atoms with Gasteiger partial charge >= 0.3 is 0 Å². The molecule has 0 saturated carbocycles. The van der Waals surface area contributed by atoms with E-state index < -0.39 is 8.07 Å². The highest BCUT2D eigenvalue weighted by molar-refractivity contribution is 6.77. The van der Waals surface area contributed by atoms with E-state index >= 15 is 0 Å². The molecule has 0 spiro atoms. The first-order chi connectivity index (χ1) is 18.1. The maximum atomic E-state index is 10.4. The van der Waals surface area contributed by atoms with E-state index in [9.17, 15) is 9.59 Å². The van der Waals surface area contributed by atoms with Gasteiger partial charge in [-0.1, -0.05) is 33.9 Å². The Hall–Kier alpha value is -0.683. The Morgan fingerprint density at radius 1 is 0.769 bits per heavy atom. The van der Waals surface area contributed by atoms with Crippen molar-refractivity contribution in [1.82, 2.24) is 14.7 Å². The lowest BCUT2D eigenvalue weighted by Crippen LogP contribution is -2.40. The molecule has 1 heterocycles. The number of Topliss-reactive ketones (excluding diaryl/α,β-unsaturated/α-hetero) is 2. The second-order valence-corrected chi connectivity index (χ2v) is 16.0. The molecule has 39 heavy (non-hydrogen) atoms. The van der Waals surface area contributed by atoms with Crippen LogP contribution >= 0.6 is 0 Å². The third-order valence-corrected chi connectivity index (χ3v) is 8.29. The van der Waals surface area contributed by atoms with Crippen LogP contribution in [0.15, 0.2) is 0 Å². The van der Waals surface area contributed by atoms with E-state index in [2.05, 4.69) is 38.9 Å². The summed E-state index contributed by atoms with van der Waals surface area (Å²) in [6.07, 6.45) is 2.24. The van der Waals surface area contributed by atoms with Crippen LogP contribution in [-0.4, -0.2) is 136 Å². The van der Waals surface area contributed by atoms with E-state index in [-0.39, 0.29) is 11.6 Å². The minimum Gasteiger partial charge on any atom is -0.385 e. The van der Waals surface area contributed by atoms with Crippen molar-refractivity contribution >= 4 is 19.6 Å². The maximum Gasteiger partial charge on any atom is 0.143 e. The molecule has 1 rings (SSSR count). The molecule has 0 bridgehead atoms. The minimum atomic E-state index is -0.674.